The van der Waals surface area contributed by atoms with Crippen LogP contribution in [0.1, 0.15) is 58.3 Å². The predicted octanol–water partition coefficient (Wildman–Crippen LogP) is 3.02. The molecule has 2 atom stereocenters. The maximum Gasteiger partial charge on any atom is 0.0135 e. The highest BCUT2D eigenvalue weighted by Crippen LogP contribution is 2.31. The van der Waals surface area contributed by atoms with E-state index in [2.05, 4.69) is 11.8 Å². The smallest absolute Gasteiger partial charge is 0.0135 e. The van der Waals surface area contributed by atoms with Gasteiger partial charge in [-0.15, -0.1) is 0 Å². The van der Waals surface area contributed by atoms with Crippen molar-refractivity contribution in [3.63, 3.8) is 0 Å². The lowest BCUT2D eigenvalue weighted by Crippen LogP contribution is -2.45. The summed E-state index contributed by atoms with van der Waals surface area (Å²) in [6.07, 6.45) is 11.4. The Labute approximate surface area is 107 Å². The molecular weight excluding hydrogens is 208 g/mol. The third kappa shape index (κ3) is 3.45. The van der Waals surface area contributed by atoms with E-state index in [1.165, 1.54) is 64.5 Å². The van der Waals surface area contributed by atoms with E-state index in [4.69, 9.17) is 5.73 Å². The van der Waals surface area contributed by atoms with Crippen molar-refractivity contribution >= 4 is 0 Å². The predicted molar refractivity (Wildman–Crippen MR) is 74.0 cm³/mol. The molecule has 2 heteroatoms. The molecule has 2 N–H and O–H groups in total. The molecule has 0 aromatic heterocycles. The summed E-state index contributed by atoms with van der Waals surface area (Å²) in [6.45, 7) is 5.79. The highest BCUT2D eigenvalue weighted by atomic mass is 15.2. The summed E-state index contributed by atoms with van der Waals surface area (Å²) < 4.78 is 0. The van der Waals surface area contributed by atoms with E-state index in [-0.39, 0.29) is 0 Å². The Morgan fingerprint density at radius 1 is 1.00 bits per heavy atom. The van der Waals surface area contributed by atoms with Gasteiger partial charge in [0.15, 0.2) is 0 Å². The molecule has 2 rings (SSSR count). The van der Waals surface area contributed by atoms with Crippen molar-refractivity contribution in [2.24, 2.45) is 17.6 Å². The van der Waals surface area contributed by atoms with E-state index in [1.54, 1.807) is 0 Å². The number of rotatable bonds is 5. The van der Waals surface area contributed by atoms with Crippen LogP contribution in [-0.4, -0.2) is 30.6 Å². The van der Waals surface area contributed by atoms with Crippen LogP contribution in [0, 0.1) is 11.8 Å². The third-order valence-corrected chi connectivity index (χ3v) is 5.01. The Balaban J connectivity index is 1.92. The molecule has 17 heavy (non-hydrogen) atoms. The van der Waals surface area contributed by atoms with Crippen molar-refractivity contribution in [2.75, 3.05) is 19.6 Å². The van der Waals surface area contributed by atoms with Crippen molar-refractivity contribution in [1.29, 1.82) is 0 Å². The molecule has 0 saturated heterocycles. The fraction of sp³-hybridized carbons (Fsp3) is 1.00. The molecule has 0 radical (unpaired) electrons. The summed E-state index contributed by atoms with van der Waals surface area (Å²) in [5.41, 5.74) is 6.01. The molecule has 100 valence electrons. The van der Waals surface area contributed by atoms with Gasteiger partial charge in [-0.25, -0.2) is 0 Å². The van der Waals surface area contributed by atoms with Crippen molar-refractivity contribution in [1.82, 2.24) is 4.90 Å². The average Bonchev–Trinajstić information content (AvgIpc) is 2.53. The monoisotopic (exact) mass is 238 g/mol. The van der Waals surface area contributed by atoms with Gasteiger partial charge in [0.1, 0.15) is 0 Å². The largest absolute Gasteiger partial charge is 0.330 e. The topological polar surface area (TPSA) is 29.3 Å². The summed E-state index contributed by atoms with van der Waals surface area (Å²) in [4.78, 5) is 2.76. The van der Waals surface area contributed by atoms with Crippen LogP contribution >= 0.6 is 0 Å². The van der Waals surface area contributed by atoms with E-state index < -0.39 is 0 Å². The van der Waals surface area contributed by atoms with Gasteiger partial charge in [-0.05, 0) is 50.6 Å². The maximum absolute atomic E-state index is 6.01. The van der Waals surface area contributed by atoms with Crippen molar-refractivity contribution in [3.8, 4) is 0 Å². The normalized spacial score (nSPS) is 31.2. The van der Waals surface area contributed by atoms with Gasteiger partial charge in [-0.1, -0.05) is 32.6 Å². The van der Waals surface area contributed by atoms with E-state index in [9.17, 15) is 0 Å². The van der Waals surface area contributed by atoms with Crippen molar-refractivity contribution in [3.05, 3.63) is 0 Å². The number of hydrogen-bond acceptors (Lipinski definition) is 2. The average molecular weight is 238 g/mol. The molecule has 2 nitrogen and oxygen atoms in total. The van der Waals surface area contributed by atoms with Crippen LogP contribution in [0.4, 0.5) is 0 Å². The second-order valence-electron chi connectivity index (χ2n) is 6.09. The standard InChI is InChI=1S/C15H30N2/c1-2-17(12-13-7-6-8-13)15-10-5-3-4-9-14(15)11-16/h13-15H,2-12,16H2,1H3. The van der Waals surface area contributed by atoms with Gasteiger partial charge in [0.2, 0.25) is 0 Å². The van der Waals surface area contributed by atoms with Gasteiger partial charge >= 0.3 is 0 Å². The van der Waals surface area contributed by atoms with Gasteiger partial charge in [0.05, 0.1) is 0 Å². The first-order valence-electron chi connectivity index (χ1n) is 7.79. The summed E-state index contributed by atoms with van der Waals surface area (Å²) >= 11 is 0. The Hall–Kier alpha value is -0.0800. The van der Waals surface area contributed by atoms with Crippen molar-refractivity contribution < 1.29 is 0 Å². The fourth-order valence-electron chi connectivity index (χ4n) is 3.63. The maximum atomic E-state index is 6.01. The van der Waals surface area contributed by atoms with Crippen LogP contribution in [-0.2, 0) is 0 Å². The molecule has 0 bridgehead atoms. The second-order valence-corrected chi connectivity index (χ2v) is 6.09. The zero-order valence-corrected chi connectivity index (χ0v) is 11.5. The van der Waals surface area contributed by atoms with Crippen molar-refractivity contribution in [2.45, 2.75) is 64.3 Å². The quantitative estimate of drug-likeness (QED) is 0.746. The minimum atomic E-state index is 0.762. The molecule has 2 fully saturated rings. The molecule has 0 heterocycles. The van der Waals surface area contributed by atoms with E-state index >= 15 is 0 Å². The third-order valence-electron chi connectivity index (χ3n) is 5.01. The summed E-state index contributed by atoms with van der Waals surface area (Å²) in [7, 11) is 0. The minimum absolute atomic E-state index is 0.762. The van der Waals surface area contributed by atoms with Gasteiger partial charge in [-0.3, -0.25) is 0 Å². The molecule has 2 aliphatic rings. The lowest BCUT2D eigenvalue weighted by molar-refractivity contribution is 0.0986. The molecular formula is C15H30N2. The first-order valence-corrected chi connectivity index (χ1v) is 7.79. The van der Waals surface area contributed by atoms with Gasteiger partial charge in [-0.2, -0.15) is 0 Å². The van der Waals surface area contributed by atoms with E-state index in [0.29, 0.717) is 0 Å². The Bertz CT molecular complexity index is 213. The van der Waals surface area contributed by atoms with Gasteiger partial charge in [0, 0.05) is 12.6 Å². The van der Waals surface area contributed by atoms with Crippen LogP contribution in [0.25, 0.3) is 0 Å². The zero-order valence-electron chi connectivity index (χ0n) is 11.5. The van der Waals surface area contributed by atoms with Gasteiger partial charge in [0.25, 0.3) is 0 Å². The van der Waals surface area contributed by atoms with Crippen LogP contribution in [0.15, 0.2) is 0 Å². The SMILES string of the molecule is CCN(CC1CCC1)C1CCCCCC1CN. The Morgan fingerprint density at radius 2 is 1.76 bits per heavy atom. The molecule has 0 aromatic carbocycles. The molecule has 0 aliphatic heterocycles. The molecule has 2 aliphatic carbocycles. The highest BCUT2D eigenvalue weighted by molar-refractivity contribution is 4.84. The zero-order chi connectivity index (χ0) is 12.1. The summed E-state index contributed by atoms with van der Waals surface area (Å²) in [6, 6.07) is 0.785. The molecule has 0 amide bonds. The van der Waals surface area contributed by atoms with Crippen LogP contribution in [0.5, 0.6) is 0 Å². The molecule has 0 aromatic rings. The van der Waals surface area contributed by atoms with Gasteiger partial charge < -0.3 is 10.6 Å². The lowest BCUT2D eigenvalue weighted by Gasteiger charge is -2.39. The first-order chi connectivity index (χ1) is 8.35. The summed E-state index contributed by atoms with van der Waals surface area (Å²) in [5.74, 6) is 1.76. The number of nitrogens with two attached hydrogens (primary N) is 1. The molecule has 2 saturated carbocycles. The Kier molecular flexibility index (Phi) is 5.30. The second kappa shape index (κ2) is 6.75. The molecule has 2 unspecified atom stereocenters. The summed E-state index contributed by atoms with van der Waals surface area (Å²) in [5, 5.41) is 0. The van der Waals surface area contributed by atoms with Crippen LogP contribution in [0.3, 0.4) is 0 Å². The number of nitrogens with zero attached hydrogens (tertiary/aromatic N) is 1. The first kappa shape index (κ1) is 13.4. The van der Waals surface area contributed by atoms with E-state index in [1.807, 2.05) is 0 Å². The van der Waals surface area contributed by atoms with Crippen LogP contribution in [0.2, 0.25) is 0 Å². The molecule has 0 spiro atoms. The number of hydrogen-bond donors (Lipinski definition) is 1. The van der Waals surface area contributed by atoms with E-state index in [0.717, 1.165) is 24.4 Å². The van der Waals surface area contributed by atoms with Crippen LogP contribution < -0.4 is 5.73 Å². The highest BCUT2D eigenvalue weighted by Gasteiger charge is 2.29. The fourth-order valence-corrected chi connectivity index (χ4v) is 3.63. The lowest BCUT2D eigenvalue weighted by atomic mass is 9.84. The Morgan fingerprint density at radius 3 is 2.35 bits per heavy atom. The minimum Gasteiger partial charge on any atom is -0.330 e.